The Morgan fingerprint density at radius 1 is 1.36 bits per heavy atom. The summed E-state index contributed by atoms with van der Waals surface area (Å²) < 4.78 is 16.1. The average molecular weight is 348 g/mol. The van der Waals surface area contributed by atoms with E-state index in [-0.39, 0.29) is 22.7 Å². The Bertz CT molecular complexity index is 877. The molecule has 1 saturated carbocycles. The lowest BCUT2D eigenvalue weighted by molar-refractivity contribution is 0.0694. The summed E-state index contributed by atoms with van der Waals surface area (Å²) in [5, 5.41) is 22.3. The van der Waals surface area contributed by atoms with Gasteiger partial charge in [-0.15, -0.1) is 0 Å². The van der Waals surface area contributed by atoms with E-state index in [2.05, 4.69) is 5.32 Å². The predicted octanol–water partition coefficient (Wildman–Crippen LogP) is 2.57. The molecule has 6 nitrogen and oxygen atoms in total. The molecule has 1 heterocycles. The van der Waals surface area contributed by atoms with E-state index in [0.29, 0.717) is 18.5 Å². The number of aliphatic hydroxyl groups excluding tert-OH is 1. The van der Waals surface area contributed by atoms with Crippen molar-refractivity contribution in [2.24, 2.45) is 0 Å². The van der Waals surface area contributed by atoms with E-state index in [0.717, 1.165) is 25.3 Å². The molecule has 0 aliphatic heterocycles. The Morgan fingerprint density at radius 2 is 2.08 bits per heavy atom. The molecule has 2 atom stereocenters. The smallest absolute Gasteiger partial charge is 0.341 e. The van der Waals surface area contributed by atoms with E-state index in [1.165, 1.54) is 12.3 Å². The lowest BCUT2D eigenvalue weighted by atomic mass is 9.92. The van der Waals surface area contributed by atoms with Crippen LogP contribution in [-0.4, -0.2) is 32.9 Å². The molecule has 1 aromatic carbocycles. The van der Waals surface area contributed by atoms with Crippen molar-refractivity contribution in [3.05, 3.63) is 39.9 Å². The maximum absolute atomic E-state index is 14.5. The number of rotatable bonds is 4. The molecule has 0 spiro atoms. The number of benzene rings is 1. The molecule has 1 aliphatic rings. The van der Waals surface area contributed by atoms with Gasteiger partial charge in [0.15, 0.2) is 0 Å². The highest BCUT2D eigenvalue weighted by Gasteiger charge is 2.24. The van der Waals surface area contributed by atoms with Gasteiger partial charge in [-0.25, -0.2) is 9.18 Å². The number of halogens is 1. The maximum Gasteiger partial charge on any atom is 0.341 e. The van der Waals surface area contributed by atoms with Gasteiger partial charge in [0.2, 0.25) is 5.43 Å². The van der Waals surface area contributed by atoms with Crippen molar-refractivity contribution >= 4 is 22.6 Å². The van der Waals surface area contributed by atoms with Gasteiger partial charge in [0, 0.05) is 18.1 Å². The van der Waals surface area contributed by atoms with Crippen LogP contribution in [0, 0.1) is 5.82 Å². The number of anilines is 1. The summed E-state index contributed by atoms with van der Waals surface area (Å²) in [7, 11) is 0. The summed E-state index contributed by atoms with van der Waals surface area (Å²) in [6.07, 6.45) is 4.08. The number of aliphatic hydroxyl groups is 1. The van der Waals surface area contributed by atoms with Crippen molar-refractivity contribution in [3.63, 3.8) is 0 Å². The van der Waals surface area contributed by atoms with Crippen LogP contribution in [-0.2, 0) is 6.54 Å². The summed E-state index contributed by atoms with van der Waals surface area (Å²) >= 11 is 0. The van der Waals surface area contributed by atoms with E-state index < -0.39 is 23.3 Å². The van der Waals surface area contributed by atoms with Gasteiger partial charge >= 0.3 is 5.97 Å². The third-order valence-corrected chi connectivity index (χ3v) is 4.81. The molecule has 1 aromatic heterocycles. The van der Waals surface area contributed by atoms with Crippen molar-refractivity contribution < 1.29 is 19.4 Å². The Morgan fingerprint density at radius 3 is 2.72 bits per heavy atom. The molecule has 134 valence electrons. The van der Waals surface area contributed by atoms with Gasteiger partial charge in [0.25, 0.3) is 0 Å². The Kier molecular flexibility index (Phi) is 4.76. The zero-order valence-electron chi connectivity index (χ0n) is 14.0. The predicted molar refractivity (Wildman–Crippen MR) is 92.7 cm³/mol. The summed E-state index contributed by atoms with van der Waals surface area (Å²) in [4.78, 5) is 23.6. The third kappa shape index (κ3) is 3.24. The molecule has 7 heteroatoms. The summed E-state index contributed by atoms with van der Waals surface area (Å²) in [5.41, 5.74) is -0.401. The molecule has 1 fully saturated rings. The SMILES string of the molecule is CCn1cc(C(=O)O)c(=O)c2cc(F)c(NC3CCCCC3O)cc21. The number of carboxylic acids is 1. The zero-order chi connectivity index (χ0) is 18.1. The molecule has 2 unspecified atom stereocenters. The standard InChI is InChI=1S/C18H21FN2O4/c1-2-21-9-11(18(24)25)17(23)10-7-12(19)14(8-15(10)21)20-13-5-3-4-6-16(13)22/h7-9,13,16,20,22H,2-6H2,1H3,(H,24,25). The topological polar surface area (TPSA) is 91.6 Å². The van der Waals surface area contributed by atoms with Gasteiger partial charge in [-0.2, -0.15) is 0 Å². The van der Waals surface area contributed by atoms with E-state index in [9.17, 15) is 19.1 Å². The van der Waals surface area contributed by atoms with Crippen LogP contribution in [0.2, 0.25) is 0 Å². The first-order chi connectivity index (χ1) is 11.9. The maximum atomic E-state index is 14.5. The molecule has 0 saturated heterocycles. The van der Waals surface area contributed by atoms with E-state index in [1.807, 2.05) is 6.92 Å². The highest BCUT2D eigenvalue weighted by molar-refractivity contribution is 5.93. The number of nitrogens with one attached hydrogen (secondary N) is 1. The lowest BCUT2D eigenvalue weighted by Crippen LogP contribution is -2.36. The van der Waals surface area contributed by atoms with Gasteiger partial charge in [-0.05, 0) is 31.9 Å². The number of pyridine rings is 1. The fourth-order valence-electron chi connectivity index (χ4n) is 3.41. The van der Waals surface area contributed by atoms with Crippen LogP contribution in [0.1, 0.15) is 43.0 Å². The van der Waals surface area contributed by atoms with Crippen LogP contribution in [0.15, 0.2) is 23.1 Å². The van der Waals surface area contributed by atoms with Gasteiger partial charge in [0.1, 0.15) is 11.4 Å². The average Bonchev–Trinajstić information content (AvgIpc) is 2.58. The first kappa shape index (κ1) is 17.4. The minimum absolute atomic E-state index is 0.0361. The Balaban J connectivity index is 2.10. The van der Waals surface area contributed by atoms with E-state index in [4.69, 9.17) is 5.11 Å². The van der Waals surface area contributed by atoms with Crippen molar-refractivity contribution in [2.45, 2.75) is 51.3 Å². The van der Waals surface area contributed by atoms with E-state index in [1.54, 1.807) is 4.57 Å². The second kappa shape index (κ2) is 6.84. The molecule has 2 aromatic rings. The van der Waals surface area contributed by atoms with Crippen molar-refractivity contribution in [3.8, 4) is 0 Å². The molecule has 0 bridgehead atoms. The van der Waals surface area contributed by atoms with Crippen LogP contribution in [0.25, 0.3) is 10.9 Å². The number of hydrogen-bond acceptors (Lipinski definition) is 4. The second-order valence-corrected chi connectivity index (χ2v) is 6.41. The molecule has 25 heavy (non-hydrogen) atoms. The number of carboxylic acid groups (broad SMARTS) is 1. The molecule has 1 aliphatic carbocycles. The molecule has 3 rings (SSSR count). The number of nitrogens with zero attached hydrogens (tertiary/aromatic N) is 1. The molecule has 3 N–H and O–H groups in total. The van der Waals surface area contributed by atoms with Gasteiger partial charge < -0.3 is 20.1 Å². The van der Waals surface area contributed by atoms with Crippen molar-refractivity contribution in [2.75, 3.05) is 5.32 Å². The van der Waals surface area contributed by atoms with E-state index >= 15 is 0 Å². The molecular weight excluding hydrogens is 327 g/mol. The molecule has 0 amide bonds. The lowest BCUT2D eigenvalue weighted by Gasteiger charge is -2.29. The van der Waals surface area contributed by atoms with Crippen LogP contribution in [0.3, 0.4) is 0 Å². The molecule has 0 radical (unpaired) electrons. The Labute approximate surface area is 143 Å². The van der Waals surface area contributed by atoms with Gasteiger partial charge in [-0.1, -0.05) is 12.8 Å². The zero-order valence-corrected chi connectivity index (χ0v) is 14.0. The first-order valence-electron chi connectivity index (χ1n) is 8.47. The number of carbonyl (C=O) groups is 1. The minimum Gasteiger partial charge on any atom is -0.477 e. The fourth-order valence-corrected chi connectivity index (χ4v) is 3.41. The normalized spacial score (nSPS) is 20.6. The number of aromatic carboxylic acids is 1. The van der Waals surface area contributed by atoms with Crippen molar-refractivity contribution in [1.29, 1.82) is 0 Å². The number of aromatic nitrogens is 1. The number of hydrogen-bond donors (Lipinski definition) is 3. The molecular formula is C18H21FN2O4. The summed E-state index contributed by atoms with van der Waals surface area (Å²) in [6, 6.07) is 2.36. The van der Waals surface area contributed by atoms with Gasteiger partial charge in [0.05, 0.1) is 23.3 Å². The number of fused-ring (bicyclic) bond motifs is 1. The first-order valence-corrected chi connectivity index (χ1v) is 8.47. The highest BCUT2D eigenvalue weighted by atomic mass is 19.1. The minimum atomic E-state index is -1.33. The quantitative estimate of drug-likeness (QED) is 0.790. The number of aryl methyl sites for hydroxylation is 1. The third-order valence-electron chi connectivity index (χ3n) is 4.81. The summed E-state index contributed by atoms with van der Waals surface area (Å²) in [6.45, 7) is 2.26. The monoisotopic (exact) mass is 348 g/mol. The van der Waals surface area contributed by atoms with Crippen LogP contribution in [0.4, 0.5) is 10.1 Å². The fraction of sp³-hybridized carbons (Fsp3) is 0.444. The highest BCUT2D eigenvalue weighted by Crippen LogP contribution is 2.26. The van der Waals surface area contributed by atoms with Crippen LogP contribution in [0.5, 0.6) is 0 Å². The van der Waals surface area contributed by atoms with Crippen molar-refractivity contribution in [1.82, 2.24) is 4.57 Å². The van der Waals surface area contributed by atoms with Crippen LogP contribution >= 0.6 is 0 Å². The second-order valence-electron chi connectivity index (χ2n) is 6.41. The summed E-state index contributed by atoms with van der Waals surface area (Å²) in [5.74, 6) is -1.96. The largest absolute Gasteiger partial charge is 0.477 e. The van der Waals surface area contributed by atoms with Gasteiger partial charge in [-0.3, -0.25) is 4.79 Å². The van der Waals surface area contributed by atoms with Crippen LogP contribution < -0.4 is 10.7 Å². The Hall–Kier alpha value is -2.41.